The number of carbonyl (C=O) groups is 2. The van der Waals surface area contributed by atoms with Gasteiger partial charge in [-0.3, -0.25) is 9.59 Å². The molecule has 0 aromatic carbocycles. The minimum absolute atomic E-state index is 0.547. The zero-order chi connectivity index (χ0) is 29.2. The van der Waals surface area contributed by atoms with E-state index in [-0.39, 0.29) is 0 Å². The second kappa shape index (κ2) is 13.4. The lowest BCUT2D eigenvalue weighted by Gasteiger charge is -2.48. The van der Waals surface area contributed by atoms with E-state index in [4.69, 9.17) is 23.7 Å². The number of aliphatic hydroxyl groups is 8. The molecule has 0 unspecified atom stereocenters. The van der Waals surface area contributed by atoms with Crippen LogP contribution in [0.25, 0.3) is 0 Å². The highest BCUT2D eigenvalue weighted by molar-refractivity contribution is 5.73. The van der Waals surface area contributed by atoms with Crippen LogP contribution in [0.3, 0.4) is 0 Å². The van der Waals surface area contributed by atoms with E-state index in [9.17, 15) is 50.4 Å². The fourth-order valence-corrected chi connectivity index (χ4v) is 4.71. The molecule has 10 N–H and O–H groups in total. The van der Waals surface area contributed by atoms with E-state index >= 15 is 0 Å². The maximum Gasteiger partial charge on any atom is 0.217 e. The van der Waals surface area contributed by atoms with E-state index in [1.54, 1.807) is 0 Å². The van der Waals surface area contributed by atoms with Crippen molar-refractivity contribution in [1.82, 2.24) is 10.6 Å². The van der Waals surface area contributed by atoms with Gasteiger partial charge in [0.15, 0.2) is 18.9 Å². The Morgan fingerprint density at radius 1 is 0.718 bits per heavy atom. The predicted octanol–water partition coefficient (Wildman–Crippen LogP) is -6.26. The maximum atomic E-state index is 11.8. The molecule has 3 aliphatic heterocycles. The third-order valence-electron chi connectivity index (χ3n) is 6.84. The molecule has 0 radical (unpaired) electrons. The van der Waals surface area contributed by atoms with Crippen LogP contribution in [0.1, 0.15) is 20.8 Å². The van der Waals surface area contributed by atoms with E-state index < -0.39 is 117 Å². The number of rotatable bonds is 8. The summed E-state index contributed by atoms with van der Waals surface area (Å²) in [4.78, 5) is 23.4. The van der Waals surface area contributed by atoms with Gasteiger partial charge in [0.1, 0.15) is 67.0 Å². The summed E-state index contributed by atoms with van der Waals surface area (Å²) >= 11 is 0. The molecule has 3 rings (SSSR count). The summed E-state index contributed by atoms with van der Waals surface area (Å²) < 4.78 is 27.9. The average molecular weight is 571 g/mol. The maximum absolute atomic E-state index is 11.8. The highest BCUT2D eigenvalue weighted by atomic mass is 16.7. The van der Waals surface area contributed by atoms with Crippen LogP contribution in [0.5, 0.6) is 0 Å². The Morgan fingerprint density at radius 2 is 1.33 bits per heavy atom. The van der Waals surface area contributed by atoms with Crippen LogP contribution in [-0.2, 0) is 33.3 Å². The molecule has 3 saturated heterocycles. The van der Waals surface area contributed by atoms with Crippen LogP contribution >= 0.6 is 0 Å². The van der Waals surface area contributed by atoms with Crippen LogP contribution in [0.4, 0.5) is 0 Å². The van der Waals surface area contributed by atoms with Crippen molar-refractivity contribution in [3.8, 4) is 0 Å². The van der Waals surface area contributed by atoms with Crippen molar-refractivity contribution in [1.29, 1.82) is 0 Å². The number of nitrogens with one attached hydrogen (secondary N) is 2. The van der Waals surface area contributed by atoms with Gasteiger partial charge in [0.25, 0.3) is 0 Å². The Labute approximate surface area is 223 Å². The first-order valence-electron chi connectivity index (χ1n) is 12.4. The van der Waals surface area contributed by atoms with Crippen molar-refractivity contribution in [2.24, 2.45) is 0 Å². The minimum atomic E-state index is -1.77. The van der Waals surface area contributed by atoms with Crippen LogP contribution in [0, 0.1) is 0 Å². The molecule has 0 aliphatic carbocycles. The van der Waals surface area contributed by atoms with Crippen molar-refractivity contribution in [3.63, 3.8) is 0 Å². The summed E-state index contributed by atoms with van der Waals surface area (Å²) in [5.74, 6) is -1.25. The molecule has 0 spiro atoms. The Kier molecular flexibility index (Phi) is 11.0. The van der Waals surface area contributed by atoms with Crippen LogP contribution < -0.4 is 10.6 Å². The van der Waals surface area contributed by atoms with Gasteiger partial charge in [-0.15, -0.1) is 0 Å². The Bertz CT molecular complexity index is 837. The molecule has 0 bridgehead atoms. The monoisotopic (exact) mass is 570 g/mol. The van der Waals surface area contributed by atoms with E-state index in [1.165, 1.54) is 6.92 Å². The van der Waals surface area contributed by atoms with Gasteiger partial charge in [-0.2, -0.15) is 0 Å². The van der Waals surface area contributed by atoms with Gasteiger partial charge in [-0.25, -0.2) is 0 Å². The summed E-state index contributed by atoms with van der Waals surface area (Å²) in [5, 5.41) is 86.8. The van der Waals surface area contributed by atoms with Gasteiger partial charge < -0.3 is 75.2 Å². The lowest BCUT2D eigenvalue weighted by molar-refractivity contribution is -0.340. The molecule has 226 valence electrons. The van der Waals surface area contributed by atoms with Crippen molar-refractivity contribution in [2.75, 3.05) is 13.2 Å². The summed E-state index contributed by atoms with van der Waals surface area (Å²) in [6.07, 6.45) is -19.6. The van der Waals surface area contributed by atoms with Crippen molar-refractivity contribution < 1.29 is 74.1 Å². The molecule has 15 atom stereocenters. The fourth-order valence-electron chi connectivity index (χ4n) is 4.71. The second-order valence-corrected chi connectivity index (χ2v) is 9.83. The fraction of sp³-hybridized carbons (Fsp3) is 0.909. The molecule has 0 aromatic heterocycles. The second-order valence-electron chi connectivity index (χ2n) is 9.83. The van der Waals surface area contributed by atoms with Crippen LogP contribution in [0.15, 0.2) is 0 Å². The molecule has 17 heteroatoms. The van der Waals surface area contributed by atoms with E-state index in [0.29, 0.717) is 0 Å². The highest BCUT2D eigenvalue weighted by Crippen LogP contribution is 2.30. The molecule has 2 amide bonds. The molecule has 3 fully saturated rings. The van der Waals surface area contributed by atoms with Gasteiger partial charge in [0.05, 0.1) is 19.3 Å². The van der Waals surface area contributed by atoms with Gasteiger partial charge >= 0.3 is 0 Å². The first kappa shape index (κ1) is 31.9. The predicted molar refractivity (Wildman–Crippen MR) is 123 cm³/mol. The van der Waals surface area contributed by atoms with E-state index in [0.717, 1.165) is 13.8 Å². The first-order valence-corrected chi connectivity index (χ1v) is 12.4. The van der Waals surface area contributed by atoms with Crippen LogP contribution in [0.2, 0.25) is 0 Å². The molecule has 3 heterocycles. The summed E-state index contributed by atoms with van der Waals surface area (Å²) in [6, 6.07) is -2.80. The largest absolute Gasteiger partial charge is 0.394 e. The zero-order valence-corrected chi connectivity index (χ0v) is 21.5. The van der Waals surface area contributed by atoms with Crippen molar-refractivity contribution in [2.45, 2.75) is 113 Å². The Hall–Kier alpha value is -1.58. The van der Waals surface area contributed by atoms with Gasteiger partial charge in [0.2, 0.25) is 11.8 Å². The molecule has 17 nitrogen and oxygen atoms in total. The smallest absolute Gasteiger partial charge is 0.217 e. The summed E-state index contributed by atoms with van der Waals surface area (Å²) in [5.41, 5.74) is 0. The number of aliphatic hydroxyl groups excluding tert-OH is 8. The topological polar surface area (TPSA) is 266 Å². The third-order valence-corrected chi connectivity index (χ3v) is 6.84. The minimum Gasteiger partial charge on any atom is -0.394 e. The van der Waals surface area contributed by atoms with Crippen LogP contribution in [-0.4, -0.2) is 158 Å². The molecular weight excluding hydrogens is 532 g/mol. The molecule has 39 heavy (non-hydrogen) atoms. The highest BCUT2D eigenvalue weighted by Gasteiger charge is 2.52. The summed E-state index contributed by atoms with van der Waals surface area (Å²) in [7, 11) is 0. The standard InChI is InChI=1S/C22H38N2O15/c1-6-13(28)17(32)18(33)22(36-6)35-5-10-19(16(31)11(20(34)37-10)23-7(2)26)39-21-12(24-8(3)27)15(30)14(29)9(4-25)38-21/h6,9-22,25,28-34H,4-5H2,1-3H3,(H,23,26)(H,24,27)/t6-,9+,10+,11+,12+,13+,14+,15+,16+,17+,18-,19+,20+,21-,22-/m0/s1. The number of hydrogen-bond donors (Lipinski definition) is 10. The SMILES string of the molecule is CC(=O)N[C@@H]1[C@@H](O)[C@H](O[C@@H]2O[C@H](CO)[C@@H](O)[C@H](O)[C@H]2NC(C)=O)[C@@H](CO[C@H]2O[C@@H](C)[C@@H](O)[C@@H](O)[C@@H]2O)O[C@H]1O. The average Bonchev–Trinajstić information content (AvgIpc) is 2.87. The zero-order valence-electron chi connectivity index (χ0n) is 21.5. The molecular formula is C22H38N2O15. The normalized spacial score (nSPS) is 46.9. The quantitative estimate of drug-likeness (QED) is 0.130. The first-order chi connectivity index (χ1) is 18.3. The molecule has 0 saturated carbocycles. The number of amides is 2. The van der Waals surface area contributed by atoms with E-state index in [2.05, 4.69) is 10.6 Å². The molecule has 3 aliphatic rings. The van der Waals surface area contributed by atoms with Gasteiger partial charge in [-0.1, -0.05) is 0 Å². The Balaban J connectivity index is 1.84. The van der Waals surface area contributed by atoms with Crippen molar-refractivity contribution in [3.05, 3.63) is 0 Å². The lowest BCUT2D eigenvalue weighted by Crippen LogP contribution is -2.69. The summed E-state index contributed by atoms with van der Waals surface area (Å²) in [6.45, 7) is 2.42. The van der Waals surface area contributed by atoms with Gasteiger partial charge in [0, 0.05) is 13.8 Å². The molecule has 0 aromatic rings. The number of carbonyl (C=O) groups excluding carboxylic acids is 2. The Morgan fingerprint density at radius 3 is 1.92 bits per heavy atom. The van der Waals surface area contributed by atoms with E-state index in [1.807, 2.05) is 0 Å². The van der Waals surface area contributed by atoms with Crippen molar-refractivity contribution >= 4 is 11.8 Å². The van der Waals surface area contributed by atoms with Gasteiger partial charge in [-0.05, 0) is 6.92 Å². The number of hydrogen-bond acceptors (Lipinski definition) is 15. The number of ether oxygens (including phenoxy) is 5. The third kappa shape index (κ3) is 7.20. The lowest BCUT2D eigenvalue weighted by atomic mass is 9.94.